The summed E-state index contributed by atoms with van der Waals surface area (Å²) in [5.41, 5.74) is 9.93. The van der Waals surface area contributed by atoms with Crippen LogP contribution in [0, 0.1) is 46.3 Å². The topological polar surface area (TPSA) is 0 Å². The SMILES string of the molecule is C[C-]1C2=C3Cc4ccccc4C3=C3C=CC(C)C(C)C3(C)C2(C)C(C)C(C)C1C.C[C](C)=[Zr+2].C[Si](C)(C)c1cc[cH-]c1.[Cl-].[Cl-]. The molecule has 4 heteroatoms. The summed E-state index contributed by atoms with van der Waals surface area (Å²) in [6.45, 7) is 31.5. The molecule has 1 fully saturated rings. The maximum absolute atomic E-state index is 2.63. The molecular formula is C40H56Cl2SiZr-2. The van der Waals surface area contributed by atoms with E-state index in [1.807, 2.05) is 0 Å². The van der Waals surface area contributed by atoms with E-state index in [-0.39, 0.29) is 35.6 Å². The van der Waals surface area contributed by atoms with Crippen molar-refractivity contribution < 1.29 is 49.0 Å². The third-order valence-corrected chi connectivity index (χ3v) is 14.1. The monoisotopic (exact) mass is 724 g/mol. The van der Waals surface area contributed by atoms with Gasteiger partial charge in [0.05, 0.1) is 0 Å². The normalized spacial score (nSPS) is 31.5. The molecule has 0 heterocycles. The van der Waals surface area contributed by atoms with Crippen LogP contribution in [0.15, 0.2) is 77.4 Å². The number of hydrogen-bond donors (Lipinski definition) is 0. The quantitative estimate of drug-likeness (QED) is 0.303. The summed E-state index contributed by atoms with van der Waals surface area (Å²) in [5, 5.41) is 1.56. The van der Waals surface area contributed by atoms with Crippen molar-refractivity contribution in [3.05, 3.63) is 94.4 Å². The largest absolute Gasteiger partial charge is 1.00 e. The smallest absolute Gasteiger partial charge is 0.00392 e. The third kappa shape index (κ3) is 6.50. The van der Waals surface area contributed by atoms with Crippen LogP contribution in [-0.2, 0) is 30.7 Å². The summed E-state index contributed by atoms with van der Waals surface area (Å²) in [7, 11) is -0.981. The van der Waals surface area contributed by atoms with E-state index in [4.69, 9.17) is 0 Å². The Morgan fingerprint density at radius 3 is 2.05 bits per heavy atom. The number of hydrogen-bond acceptors (Lipinski definition) is 0. The molecule has 7 unspecified atom stereocenters. The minimum Gasteiger partial charge on any atom is -1.00 e. The zero-order valence-corrected chi connectivity index (χ0v) is 34.6. The predicted molar refractivity (Wildman–Crippen MR) is 186 cm³/mol. The number of fused-ring (bicyclic) bond motifs is 6. The fourth-order valence-corrected chi connectivity index (χ4v) is 9.90. The van der Waals surface area contributed by atoms with Crippen LogP contribution in [0.3, 0.4) is 0 Å². The van der Waals surface area contributed by atoms with Gasteiger partial charge in [-0.1, -0.05) is 134 Å². The van der Waals surface area contributed by atoms with E-state index in [9.17, 15) is 0 Å². The van der Waals surface area contributed by atoms with Crippen molar-refractivity contribution in [3.63, 3.8) is 0 Å². The summed E-state index contributed by atoms with van der Waals surface area (Å²) in [6.07, 6.45) is 6.12. The Bertz CT molecular complexity index is 1400. The van der Waals surface area contributed by atoms with E-state index in [1.165, 1.54) is 14.3 Å². The minimum absolute atomic E-state index is 0. The minimum atomic E-state index is -0.981. The first-order valence-electron chi connectivity index (χ1n) is 16.3. The molecule has 0 spiro atoms. The van der Waals surface area contributed by atoms with Gasteiger partial charge in [-0.15, -0.1) is 6.92 Å². The van der Waals surface area contributed by atoms with Crippen LogP contribution in [0.4, 0.5) is 0 Å². The zero-order chi connectivity index (χ0) is 31.4. The molecule has 0 radical (unpaired) electrons. The fraction of sp³-hybridized carbons (Fsp3) is 0.525. The van der Waals surface area contributed by atoms with E-state index in [1.54, 1.807) is 57.6 Å². The van der Waals surface area contributed by atoms with Crippen molar-refractivity contribution in [2.75, 3.05) is 0 Å². The summed E-state index contributed by atoms with van der Waals surface area (Å²) in [5.74, 6) is 4.93. The van der Waals surface area contributed by atoms with E-state index < -0.39 is 8.07 Å². The van der Waals surface area contributed by atoms with Crippen molar-refractivity contribution in [2.45, 2.75) is 95.3 Å². The Hall–Kier alpha value is -0.790. The molecule has 4 aliphatic rings. The van der Waals surface area contributed by atoms with Gasteiger partial charge in [0.25, 0.3) is 0 Å². The molecule has 0 nitrogen and oxygen atoms in total. The van der Waals surface area contributed by atoms with Crippen LogP contribution < -0.4 is 30.0 Å². The molecule has 0 N–H and O–H groups in total. The number of rotatable bonds is 1. The van der Waals surface area contributed by atoms with E-state index in [0.29, 0.717) is 29.6 Å². The molecule has 6 rings (SSSR count). The van der Waals surface area contributed by atoms with Gasteiger partial charge in [0.1, 0.15) is 0 Å². The van der Waals surface area contributed by atoms with Crippen molar-refractivity contribution in [2.24, 2.45) is 40.4 Å². The Labute approximate surface area is 299 Å². The van der Waals surface area contributed by atoms with Gasteiger partial charge in [0.15, 0.2) is 0 Å². The molecule has 7 atom stereocenters. The van der Waals surface area contributed by atoms with Crippen LogP contribution in [0.5, 0.6) is 0 Å². The molecule has 0 aromatic heterocycles. The van der Waals surface area contributed by atoms with Crippen LogP contribution in [-0.4, -0.2) is 11.3 Å². The molecule has 1 saturated carbocycles. The third-order valence-electron chi connectivity index (χ3n) is 12.0. The molecule has 0 amide bonds. The zero-order valence-electron chi connectivity index (χ0n) is 29.6. The van der Waals surface area contributed by atoms with Crippen molar-refractivity contribution in [3.8, 4) is 0 Å². The maximum Gasteiger partial charge on any atom is 0.00392 e. The maximum atomic E-state index is 2.63. The van der Waals surface area contributed by atoms with Crippen LogP contribution >= 0.6 is 0 Å². The first-order valence-corrected chi connectivity index (χ1v) is 21.0. The second-order valence-corrected chi connectivity index (χ2v) is 23.0. The standard InChI is InChI=1S/C29H37.C8H13Si.C3H6.2ClH.Zr/c1-16-13-14-25-26-23-12-10-9-11-22(23)15-24(26)27-19(4)17(2)18(3)21(6)29(27,8)28(25,7)20(16)5;1-9(2,3)8-6-4-5-7-8;1-3-2;;;/h9-14,16-18,20-21H,15H2,1-8H3;4-7H,1-3H3;1-2H3;2*1H;/q2*-1;;;;+2/p-2. The fourth-order valence-electron chi connectivity index (χ4n) is 8.71. The van der Waals surface area contributed by atoms with Gasteiger partial charge in [-0.25, -0.2) is 17.2 Å². The molecule has 2 aromatic carbocycles. The summed E-state index contributed by atoms with van der Waals surface area (Å²) >= 11 is 1.55. The van der Waals surface area contributed by atoms with Gasteiger partial charge in [-0.2, -0.15) is 29.3 Å². The van der Waals surface area contributed by atoms with Crippen molar-refractivity contribution in [1.29, 1.82) is 0 Å². The Kier molecular flexibility index (Phi) is 13.0. The van der Waals surface area contributed by atoms with Gasteiger partial charge >= 0.3 is 41.3 Å². The average molecular weight is 727 g/mol. The summed E-state index contributed by atoms with van der Waals surface area (Å²) in [6, 6.07) is 17.9. The van der Waals surface area contributed by atoms with Crippen molar-refractivity contribution in [1.82, 2.24) is 0 Å². The van der Waals surface area contributed by atoms with E-state index >= 15 is 0 Å². The molecule has 0 aliphatic heterocycles. The average Bonchev–Trinajstić information content (AvgIpc) is 3.59. The Morgan fingerprint density at radius 2 is 1.52 bits per heavy atom. The summed E-state index contributed by atoms with van der Waals surface area (Å²) < 4.78 is 1.51. The van der Waals surface area contributed by atoms with Crippen LogP contribution in [0.1, 0.15) is 80.4 Å². The Balaban J connectivity index is 0.000000380. The van der Waals surface area contributed by atoms with Gasteiger partial charge in [0, 0.05) is 13.5 Å². The molecule has 0 saturated heterocycles. The molecule has 240 valence electrons. The summed E-state index contributed by atoms with van der Waals surface area (Å²) in [4.78, 5) is 0. The molecule has 4 aliphatic carbocycles. The molecule has 0 bridgehead atoms. The van der Waals surface area contributed by atoms with E-state index in [0.717, 1.165) is 6.42 Å². The first-order chi connectivity index (χ1) is 19.5. The number of benzene rings is 1. The van der Waals surface area contributed by atoms with Gasteiger partial charge in [-0.3, -0.25) is 0 Å². The van der Waals surface area contributed by atoms with Gasteiger partial charge < -0.3 is 24.8 Å². The van der Waals surface area contributed by atoms with E-state index in [2.05, 4.69) is 150 Å². The first kappa shape index (κ1) is 39.4. The van der Waals surface area contributed by atoms with Crippen molar-refractivity contribution >= 4 is 22.0 Å². The number of halogens is 2. The second-order valence-electron chi connectivity index (χ2n) is 15.4. The van der Waals surface area contributed by atoms with Gasteiger partial charge in [-0.05, 0) is 34.7 Å². The van der Waals surface area contributed by atoms with Crippen LogP contribution in [0.25, 0.3) is 5.57 Å². The Morgan fingerprint density at radius 1 is 0.932 bits per heavy atom. The second kappa shape index (κ2) is 14.5. The molecular weight excluding hydrogens is 671 g/mol. The number of allylic oxidation sites excluding steroid dienone is 6. The predicted octanol–water partition coefficient (Wildman–Crippen LogP) is 4.38. The van der Waals surface area contributed by atoms with Gasteiger partial charge in [0.2, 0.25) is 0 Å². The molecule has 2 aromatic rings. The molecule has 44 heavy (non-hydrogen) atoms. The van der Waals surface area contributed by atoms with Crippen LogP contribution in [0.2, 0.25) is 19.6 Å².